The number of hydrogen-bond donors (Lipinski definition) is 2. The molecule has 0 saturated heterocycles. The minimum absolute atomic E-state index is 0.0816. The molecule has 2 N–H and O–H groups in total. The van der Waals surface area contributed by atoms with Crippen LogP contribution in [0.5, 0.6) is 0 Å². The smallest absolute Gasteiger partial charge is 0.260 e. The van der Waals surface area contributed by atoms with Crippen LogP contribution in [0.15, 0.2) is 28.2 Å². The topological polar surface area (TPSA) is 74.8 Å². The summed E-state index contributed by atoms with van der Waals surface area (Å²) in [4.78, 5) is 34.8. The zero-order valence-electron chi connectivity index (χ0n) is 16.8. The molecule has 29 heavy (non-hydrogen) atoms. The molecular formula is C22H25N3O2S2. The molecule has 152 valence electrons. The van der Waals surface area contributed by atoms with Crippen LogP contribution in [0.2, 0.25) is 0 Å². The van der Waals surface area contributed by atoms with Crippen molar-refractivity contribution in [2.45, 2.75) is 57.5 Å². The summed E-state index contributed by atoms with van der Waals surface area (Å²) in [5, 5.41) is 4.33. The number of aryl methyl sites for hydroxylation is 4. The molecule has 3 aromatic rings. The number of para-hydroxylation sites is 1. The molecule has 1 aromatic carbocycles. The van der Waals surface area contributed by atoms with E-state index in [0.29, 0.717) is 5.16 Å². The number of carbonyl (C=O) groups is 1. The normalized spacial score (nSPS) is 13.4. The van der Waals surface area contributed by atoms with Crippen molar-refractivity contribution < 1.29 is 4.79 Å². The number of benzene rings is 1. The minimum Gasteiger partial charge on any atom is -0.325 e. The number of thiophene rings is 1. The predicted molar refractivity (Wildman–Crippen MR) is 121 cm³/mol. The van der Waals surface area contributed by atoms with E-state index in [4.69, 9.17) is 0 Å². The molecule has 7 heteroatoms. The maximum absolute atomic E-state index is 12.6. The third-order valence-electron chi connectivity index (χ3n) is 5.41. The first-order valence-corrected chi connectivity index (χ1v) is 12.0. The van der Waals surface area contributed by atoms with E-state index in [2.05, 4.69) is 29.1 Å². The van der Waals surface area contributed by atoms with E-state index < -0.39 is 0 Å². The lowest BCUT2D eigenvalue weighted by Gasteiger charge is -2.14. The highest BCUT2D eigenvalue weighted by Crippen LogP contribution is 2.34. The predicted octanol–water partition coefficient (Wildman–Crippen LogP) is 4.72. The molecule has 0 fully saturated rings. The van der Waals surface area contributed by atoms with Gasteiger partial charge < -0.3 is 10.3 Å². The van der Waals surface area contributed by atoms with E-state index in [-0.39, 0.29) is 17.2 Å². The molecule has 0 bridgehead atoms. The Hall–Kier alpha value is -2.12. The fourth-order valence-corrected chi connectivity index (χ4v) is 5.91. The summed E-state index contributed by atoms with van der Waals surface area (Å²) in [5.41, 5.74) is 4.30. The van der Waals surface area contributed by atoms with Crippen LogP contribution < -0.4 is 10.9 Å². The Kier molecular flexibility index (Phi) is 6.06. The van der Waals surface area contributed by atoms with Gasteiger partial charge in [-0.1, -0.05) is 43.8 Å². The van der Waals surface area contributed by atoms with Crippen molar-refractivity contribution in [3.8, 4) is 0 Å². The molecule has 4 rings (SSSR count). The third kappa shape index (κ3) is 4.12. The number of H-pyrrole nitrogens is 1. The van der Waals surface area contributed by atoms with Crippen molar-refractivity contribution in [2.24, 2.45) is 0 Å². The van der Waals surface area contributed by atoms with Gasteiger partial charge in [0.15, 0.2) is 5.16 Å². The van der Waals surface area contributed by atoms with E-state index in [1.807, 2.05) is 18.2 Å². The Morgan fingerprint density at radius 2 is 1.93 bits per heavy atom. The molecule has 2 aromatic heterocycles. The summed E-state index contributed by atoms with van der Waals surface area (Å²) in [7, 11) is 0. The fourth-order valence-electron chi connectivity index (χ4n) is 3.93. The van der Waals surface area contributed by atoms with Crippen LogP contribution in [0, 0.1) is 0 Å². The number of amides is 1. The summed E-state index contributed by atoms with van der Waals surface area (Å²) in [5.74, 6) is 0.125. The number of aromatic amines is 1. The Morgan fingerprint density at radius 1 is 1.21 bits per heavy atom. The van der Waals surface area contributed by atoms with Gasteiger partial charge in [-0.15, -0.1) is 11.3 Å². The van der Waals surface area contributed by atoms with Crippen molar-refractivity contribution in [1.29, 1.82) is 0 Å². The molecule has 0 radical (unpaired) electrons. The summed E-state index contributed by atoms with van der Waals surface area (Å²) in [6.45, 7) is 4.17. The van der Waals surface area contributed by atoms with Gasteiger partial charge >= 0.3 is 0 Å². The van der Waals surface area contributed by atoms with Crippen molar-refractivity contribution in [3.63, 3.8) is 0 Å². The first kappa shape index (κ1) is 20.2. The van der Waals surface area contributed by atoms with Gasteiger partial charge in [0.1, 0.15) is 4.83 Å². The summed E-state index contributed by atoms with van der Waals surface area (Å²) < 4.78 is 0. The molecule has 0 atom stereocenters. The number of rotatable bonds is 6. The molecule has 0 saturated carbocycles. The molecular weight excluding hydrogens is 402 g/mol. The summed E-state index contributed by atoms with van der Waals surface area (Å²) in [6.07, 6.45) is 6.05. The quantitative estimate of drug-likeness (QED) is 0.441. The van der Waals surface area contributed by atoms with E-state index in [0.717, 1.165) is 59.1 Å². The average Bonchev–Trinajstić information content (AvgIpc) is 3.11. The number of hydrogen-bond acceptors (Lipinski definition) is 5. The first-order valence-electron chi connectivity index (χ1n) is 10.2. The van der Waals surface area contributed by atoms with E-state index >= 15 is 0 Å². The van der Waals surface area contributed by atoms with Crippen molar-refractivity contribution in [2.75, 3.05) is 11.1 Å². The Labute approximate surface area is 178 Å². The third-order valence-corrected chi connectivity index (χ3v) is 7.47. The van der Waals surface area contributed by atoms with Gasteiger partial charge in [0.05, 0.1) is 11.1 Å². The molecule has 0 unspecified atom stereocenters. The van der Waals surface area contributed by atoms with Crippen LogP contribution in [-0.2, 0) is 30.5 Å². The van der Waals surface area contributed by atoms with Gasteiger partial charge in [0.2, 0.25) is 5.91 Å². The highest BCUT2D eigenvalue weighted by molar-refractivity contribution is 7.99. The second-order valence-corrected chi connectivity index (χ2v) is 9.31. The Balaban J connectivity index is 1.50. The van der Waals surface area contributed by atoms with E-state index in [1.165, 1.54) is 28.6 Å². The van der Waals surface area contributed by atoms with Crippen LogP contribution in [0.3, 0.4) is 0 Å². The maximum atomic E-state index is 12.6. The standard InChI is InChI=1S/C22H25N3O2S2/c1-3-13-8-7-9-14(4-2)19(13)23-17(26)12-28-22-24-20(27)18-15-10-5-6-11-16(15)29-21(18)25-22/h7-9H,3-6,10-12H2,1-2H3,(H,23,26)(H,24,25,27). The zero-order valence-corrected chi connectivity index (χ0v) is 18.4. The molecule has 1 aliphatic rings. The number of thioether (sulfide) groups is 1. The molecule has 0 aliphatic heterocycles. The van der Waals surface area contributed by atoms with Gasteiger partial charge in [-0.05, 0) is 55.2 Å². The SMILES string of the molecule is CCc1cccc(CC)c1NC(=O)CSc1nc2sc3c(c2c(=O)[nH]1)CCCC3. The lowest BCUT2D eigenvalue weighted by atomic mass is 9.97. The molecule has 1 aliphatic carbocycles. The molecule has 0 spiro atoms. The number of nitrogens with one attached hydrogen (secondary N) is 2. The molecule has 2 heterocycles. The highest BCUT2D eigenvalue weighted by atomic mass is 32.2. The molecule has 5 nitrogen and oxygen atoms in total. The van der Waals surface area contributed by atoms with Crippen molar-refractivity contribution >= 4 is 44.9 Å². The van der Waals surface area contributed by atoms with Crippen LogP contribution >= 0.6 is 23.1 Å². The van der Waals surface area contributed by atoms with Gasteiger partial charge in [-0.3, -0.25) is 9.59 Å². The number of aromatic nitrogens is 2. The Morgan fingerprint density at radius 3 is 2.66 bits per heavy atom. The van der Waals surface area contributed by atoms with Crippen LogP contribution in [-0.4, -0.2) is 21.6 Å². The van der Waals surface area contributed by atoms with Crippen LogP contribution in [0.25, 0.3) is 10.2 Å². The summed E-state index contributed by atoms with van der Waals surface area (Å²) >= 11 is 2.91. The average molecular weight is 428 g/mol. The summed E-state index contributed by atoms with van der Waals surface area (Å²) in [6, 6.07) is 6.13. The van der Waals surface area contributed by atoms with Crippen molar-refractivity contribution in [3.05, 3.63) is 50.1 Å². The monoisotopic (exact) mass is 427 g/mol. The van der Waals surface area contributed by atoms with Crippen molar-refractivity contribution in [1.82, 2.24) is 9.97 Å². The zero-order chi connectivity index (χ0) is 20.4. The lowest BCUT2D eigenvalue weighted by Crippen LogP contribution is -2.17. The molecule has 1 amide bonds. The lowest BCUT2D eigenvalue weighted by molar-refractivity contribution is -0.113. The number of fused-ring (bicyclic) bond motifs is 3. The highest BCUT2D eigenvalue weighted by Gasteiger charge is 2.20. The van der Waals surface area contributed by atoms with Gasteiger partial charge in [-0.2, -0.15) is 0 Å². The number of nitrogens with zero attached hydrogens (tertiary/aromatic N) is 1. The van der Waals surface area contributed by atoms with E-state index in [1.54, 1.807) is 11.3 Å². The second kappa shape index (κ2) is 8.71. The fraction of sp³-hybridized carbons (Fsp3) is 0.409. The van der Waals surface area contributed by atoms with Crippen LogP contribution in [0.4, 0.5) is 5.69 Å². The van der Waals surface area contributed by atoms with E-state index in [9.17, 15) is 9.59 Å². The first-order chi connectivity index (χ1) is 14.1. The van der Waals surface area contributed by atoms with Gasteiger partial charge in [0.25, 0.3) is 5.56 Å². The van der Waals surface area contributed by atoms with Crippen LogP contribution in [0.1, 0.15) is 48.3 Å². The maximum Gasteiger partial charge on any atom is 0.260 e. The van der Waals surface area contributed by atoms with Gasteiger partial charge in [0, 0.05) is 10.6 Å². The minimum atomic E-state index is -0.0844. The second-order valence-electron chi connectivity index (χ2n) is 7.26. The largest absolute Gasteiger partial charge is 0.325 e. The number of anilines is 1. The van der Waals surface area contributed by atoms with Gasteiger partial charge in [-0.25, -0.2) is 4.98 Å². The number of carbonyl (C=O) groups excluding carboxylic acids is 1. The Bertz CT molecular complexity index is 1090.